The molecule has 0 spiro atoms. The number of urea groups is 1. The smallest absolute Gasteiger partial charge is 0.344 e. The van der Waals surface area contributed by atoms with Crippen LogP contribution in [0.3, 0.4) is 0 Å². The van der Waals surface area contributed by atoms with E-state index in [-0.39, 0.29) is 31.3 Å². The van der Waals surface area contributed by atoms with Crippen molar-refractivity contribution in [2.24, 2.45) is 0 Å². The third-order valence-electron chi connectivity index (χ3n) is 3.06. The minimum atomic E-state index is -0.648. The zero-order valence-electron chi connectivity index (χ0n) is 8.95. The second kappa shape index (κ2) is 4.40. The molecule has 2 aliphatic rings. The highest BCUT2D eigenvalue weighted by atomic mass is 16.7. The molecule has 6 nitrogen and oxygen atoms in total. The van der Waals surface area contributed by atoms with E-state index in [0.717, 1.165) is 0 Å². The average Bonchev–Trinajstić information content (AvgIpc) is 2.57. The Morgan fingerprint density at radius 1 is 1.62 bits per heavy atom. The number of aliphatic hydroxyl groups excluding tert-OH is 2. The van der Waals surface area contributed by atoms with Crippen molar-refractivity contribution >= 4 is 6.03 Å². The summed E-state index contributed by atoms with van der Waals surface area (Å²) in [7, 11) is 0. The number of hydroxylamine groups is 2. The Bertz CT molecular complexity index is 297. The normalized spacial score (nSPS) is 33.4. The van der Waals surface area contributed by atoms with Crippen LogP contribution < -0.4 is 0 Å². The van der Waals surface area contributed by atoms with E-state index in [1.54, 1.807) is 11.0 Å². The molecule has 6 heteroatoms. The van der Waals surface area contributed by atoms with Crippen LogP contribution in [0, 0.1) is 0 Å². The van der Waals surface area contributed by atoms with Crippen LogP contribution in [-0.4, -0.2) is 64.2 Å². The second-order valence-electron chi connectivity index (χ2n) is 4.05. The monoisotopic (exact) mass is 228 g/mol. The van der Waals surface area contributed by atoms with Crippen LogP contribution in [-0.2, 0) is 4.84 Å². The zero-order chi connectivity index (χ0) is 11.7. The van der Waals surface area contributed by atoms with Gasteiger partial charge in [-0.05, 0) is 6.42 Å². The number of carbonyl (C=O) groups excluding carboxylic acids is 1. The van der Waals surface area contributed by atoms with Gasteiger partial charge in [0.25, 0.3) is 0 Å². The summed E-state index contributed by atoms with van der Waals surface area (Å²) in [4.78, 5) is 18.6. The Morgan fingerprint density at radius 3 is 3.00 bits per heavy atom. The molecule has 2 saturated heterocycles. The summed E-state index contributed by atoms with van der Waals surface area (Å²) in [6.45, 7) is 4.00. The highest BCUT2D eigenvalue weighted by molar-refractivity contribution is 5.77. The molecule has 0 saturated carbocycles. The van der Waals surface area contributed by atoms with Crippen molar-refractivity contribution in [3.8, 4) is 0 Å². The largest absolute Gasteiger partial charge is 0.394 e. The molecule has 2 fully saturated rings. The zero-order valence-corrected chi connectivity index (χ0v) is 8.95. The minimum absolute atomic E-state index is 0.134. The van der Waals surface area contributed by atoms with Gasteiger partial charge in [0.05, 0.1) is 25.4 Å². The predicted molar refractivity (Wildman–Crippen MR) is 55.4 cm³/mol. The van der Waals surface area contributed by atoms with E-state index < -0.39 is 6.10 Å². The predicted octanol–water partition coefficient (Wildman–Crippen LogP) is -0.664. The summed E-state index contributed by atoms with van der Waals surface area (Å²) in [6, 6.07) is -0.936. The van der Waals surface area contributed by atoms with Crippen LogP contribution in [0.25, 0.3) is 0 Å². The molecule has 90 valence electrons. The van der Waals surface area contributed by atoms with E-state index in [9.17, 15) is 9.90 Å². The summed E-state index contributed by atoms with van der Waals surface area (Å²) in [5.41, 5.74) is 0. The molecule has 16 heavy (non-hydrogen) atoms. The van der Waals surface area contributed by atoms with Crippen molar-refractivity contribution < 1.29 is 19.8 Å². The first kappa shape index (κ1) is 11.4. The van der Waals surface area contributed by atoms with E-state index in [1.165, 1.54) is 5.06 Å². The van der Waals surface area contributed by atoms with Gasteiger partial charge < -0.3 is 15.1 Å². The van der Waals surface area contributed by atoms with Gasteiger partial charge in [-0.2, -0.15) is 5.06 Å². The van der Waals surface area contributed by atoms with Gasteiger partial charge in [-0.1, -0.05) is 6.08 Å². The van der Waals surface area contributed by atoms with Gasteiger partial charge in [0.2, 0.25) is 0 Å². The van der Waals surface area contributed by atoms with Crippen molar-refractivity contribution in [1.29, 1.82) is 0 Å². The molecule has 0 aliphatic carbocycles. The van der Waals surface area contributed by atoms with E-state index in [1.807, 2.05) is 0 Å². The summed E-state index contributed by atoms with van der Waals surface area (Å²) in [5, 5.41) is 20.2. The quantitative estimate of drug-likeness (QED) is 0.626. The lowest BCUT2D eigenvalue weighted by Gasteiger charge is -2.32. The fourth-order valence-electron chi connectivity index (χ4n) is 2.23. The first-order valence-electron chi connectivity index (χ1n) is 5.31. The Hall–Kier alpha value is -1.11. The van der Waals surface area contributed by atoms with Gasteiger partial charge in [0.1, 0.15) is 6.04 Å². The van der Waals surface area contributed by atoms with Crippen LogP contribution in [0.15, 0.2) is 12.7 Å². The van der Waals surface area contributed by atoms with Gasteiger partial charge in [-0.25, -0.2) is 4.79 Å². The van der Waals surface area contributed by atoms with Crippen molar-refractivity contribution in [1.82, 2.24) is 9.96 Å². The van der Waals surface area contributed by atoms with E-state index in [2.05, 4.69) is 6.58 Å². The molecule has 2 N–H and O–H groups in total. The molecular weight excluding hydrogens is 212 g/mol. The molecule has 0 radical (unpaired) electrons. The number of carbonyl (C=O) groups is 1. The lowest BCUT2D eigenvalue weighted by atomic mass is 9.98. The average molecular weight is 228 g/mol. The third-order valence-corrected chi connectivity index (χ3v) is 3.06. The van der Waals surface area contributed by atoms with Crippen LogP contribution in [0.4, 0.5) is 4.79 Å². The lowest BCUT2D eigenvalue weighted by molar-refractivity contribution is -0.140. The molecule has 2 amide bonds. The highest BCUT2D eigenvalue weighted by Crippen LogP contribution is 2.30. The van der Waals surface area contributed by atoms with Crippen molar-refractivity contribution in [2.75, 3.05) is 19.8 Å². The SMILES string of the molecule is C=CCON1C(=O)N2C[C@H]1[C@@H](O)CC2CO. The topological polar surface area (TPSA) is 73.2 Å². The number of aliphatic hydroxyl groups is 2. The molecular formula is C10H16N2O4. The molecule has 0 aromatic rings. The van der Waals surface area contributed by atoms with Crippen LogP contribution in [0.1, 0.15) is 6.42 Å². The summed E-state index contributed by atoms with van der Waals surface area (Å²) < 4.78 is 0. The Balaban J connectivity index is 2.12. The van der Waals surface area contributed by atoms with Crippen molar-refractivity contribution in [3.63, 3.8) is 0 Å². The number of piperidine rings is 1. The number of fused-ring (bicyclic) bond motifs is 2. The van der Waals surface area contributed by atoms with Gasteiger partial charge in [-0.15, -0.1) is 6.58 Å². The highest BCUT2D eigenvalue weighted by Gasteiger charge is 2.49. The number of hydrogen-bond acceptors (Lipinski definition) is 4. The minimum Gasteiger partial charge on any atom is -0.394 e. The number of amides is 2. The Kier molecular flexibility index (Phi) is 3.13. The third kappa shape index (κ3) is 1.68. The van der Waals surface area contributed by atoms with Gasteiger partial charge in [-0.3, -0.25) is 4.84 Å². The van der Waals surface area contributed by atoms with Crippen LogP contribution in [0.5, 0.6) is 0 Å². The van der Waals surface area contributed by atoms with Gasteiger partial charge >= 0.3 is 6.03 Å². The van der Waals surface area contributed by atoms with Crippen molar-refractivity contribution in [2.45, 2.75) is 24.6 Å². The number of nitrogens with zero attached hydrogens (tertiary/aromatic N) is 2. The molecule has 0 aromatic carbocycles. The number of hydrogen-bond donors (Lipinski definition) is 2. The fourth-order valence-corrected chi connectivity index (χ4v) is 2.23. The molecule has 1 unspecified atom stereocenters. The van der Waals surface area contributed by atoms with E-state index >= 15 is 0 Å². The first-order valence-corrected chi connectivity index (χ1v) is 5.31. The number of rotatable bonds is 4. The summed E-state index contributed by atoms with van der Waals surface area (Å²) in [6.07, 6.45) is 1.28. The van der Waals surface area contributed by atoms with Crippen molar-refractivity contribution in [3.05, 3.63) is 12.7 Å². The van der Waals surface area contributed by atoms with Gasteiger partial charge in [0.15, 0.2) is 0 Å². The van der Waals surface area contributed by atoms with Gasteiger partial charge in [0, 0.05) is 6.54 Å². The molecule has 2 heterocycles. The molecule has 2 bridgehead atoms. The lowest BCUT2D eigenvalue weighted by Crippen LogP contribution is -2.48. The maximum Gasteiger partial charge on any atom is 0.344 e. The first-order chi connectivity index (χ1) is 7.69. The fraction of sp³-hybridized carbons (Fsp3) is 0.700. The van der Waals surface area contributed by atoms with Crippen LogP contribution >= 0.6 is 0 Å². The molecule has 3 atom stereocenters. The Morgan fingerprint density at radius 2 is 2.38 bits per heavy atom. The van der Waals surface area contributed by atoms with E-state index in [0.29, 0.717) is 13.0 Å². The molecule has 2 aliphatic heterocycles. The summed E-state index contributed by atoms with van der Waals surface area (Å²) in [5.74, 6) is 0. The summed E-state index contributed by atoms with van der Waals surface area (Å²) >= 11 is 0. The molecule has 0 aromatic heterocycles. The van der Waals surface area contributed by atoms with E-state index in [4.69, 9.17) is 9.94 Å². The Labute approximate surface area is 93.7 Å². The maximum atomic E-state index is 11.9. The molecule has 2 rings (SSSR count). The second-order valence-corrected chi connectivity index (χ2v) is 4.05. The maximum absolute atomic E-state index is 11.9. The van der Waals surface area contributed by atoms with Crippen LogP contribution in [0.2, 0.25) is 0 Å². The standard InChI is InChI=1S/C10H16N2O4/c1-2-3-16-12-8-5-11(10(12)15)7(6-13)4-9(8)14/h2,7-9,13-14H,1,3-6H2/t7?,8-,9-/m0/s1.